The molecule has 0 heterocycles. The van der Waals surface area contributed by atoms with Gasteiger partial charge in [0.25, 0.3) is 5.91 Å². The number of rotatable bonds is 6. The molecule has 1 amide bonds. The first kappa shape index (κ1) is 14.0. The predicted molar refractivity (Wildman–Crippen MR) is 72.5 cm³/mol. The van der Waals surface area contributed by atoms with Gasteiger partial charge in [-0.15, -0.1) is 11.6 Å². The summed E-state index contributed by atoms with van der Waals surface area (Å²) in [5.74, 6) is 0.601. The first-order chi connectivity index (χ1) is 8.22. The van der Waals surface area contributed by atoms with Crippen molar-refractivity contribution in [3.05, 3.63) is 35.4 Å². The first-order valence-corrected chi connectivity index (χ1v) is 6.70. The third-order valence-electron chi connectivity index (χ3n) is 2.81. The van der Waals surface area contributed by atoms with Crippen molar-refractivity contribution in [1.29, 1.82) is 0 Å². The van der Waals surface area contributed by atoms with Crippen molar-refractivity contribution in [2.75, 3.05) is 13.1 Å². The number of hydrogen-bond acceptors (Lipinski definition) is 1. The van der Waals surface area contributed by atoms with Crippen LogP contribution in [-0.4, -0.2) is 23.9 Å². The Hall–Kier alpha value is -1.02. The van der Waals surface area contributed by atoms with E-state index in [1.807, 2.05) is 36.1 Å². The number of nitrogens with zero attached hydrogens (tertiary/aromatic N) is 1. The molecule has 0 unspecified atom stereocenters. The van der Waals surface area contributed by atoms with Gasteiger partial charge in [-0.05, 0) is 31.0 Å². The molecule has 1 aromatic carbocycles. The van der Waals surface area contributed by atoms with Crippen LogP contribution in [0.15, 0.2) is 24.3 Å². The molecule has 1 rings (SSSR count). The quantitative estimate of drug-likeness (QED) is 0.708. The Morgan fingerprint density at radius 3 is 2.35 bits per heavy atom. The lowest BCUT2D eigenvalue weighted by Gasteiger charge is -2.20. The van der Waals surface area contributed by atoms with E-state index in [0.717, 1.165) is 37.1 Å². The summed E-state index contributed by atoms with van der Waals surface area (Å²) in [6, 6.07) is 7.53. The fraction of sp³-hybridized carbons (Fsp3) is 0.500. The fourth-order valence-electron chi connectivity index (χ4n) is 1.67. The van der Waals surface area contributed by atoms with Crippen LogP contribution in [-0.2, 0) is 5.88 Å². The molecule has 2 nitrogen and oxygen atoms in total. The number of carbonyl (C=O) groups is 1. The summed E-state index contributed by atoms with van der Waals surface area (Å²) < 4.78 is 0. The van der Waals surface area contributed by atoms with Gasteiger partial charge in [0.1, 0.15) is 0 Å². The van der Waals surface area contributed by atoms with Gasteiger partial charge in [0, 0.05) is 24.5 Å². The van der Waals surface area contributed by atoms with Gasteiger partial charge in [-0.1, -0.05) is 25.5 Å². The number of carbonyl (C=O) groups excluding carboxylic acids is 1. The number of halogens is 1. The van der Waals surface area contributed by atoms with Crippen LogP contribution < -0.4 is 0 Å². The summed E-state index contributed by atoms with van der Waals surface area (Å²) in [4.78, 5) is 14.1. The zero-order valence-electron chi connectivity index (χ0n) is 10.6. The summed E-state index contributed by atoms with van der Waals surface area (Å²) in [7, 11) is 0. The second-order valence-corrected chi connectivity index (χ2v) is 4.34. The number of benzene rings is 1. The minimum atomic E-state index is 0.113. The zero-order valence-corrected chi connectivity index (χ0v) is 11.3. The summed E-state index contributed by atoms with van der Waals surface area (Å²) in [6.07, 6.45) is 2.16. The van der Waals surface area contributed by atoms with E-state index in [0.29, 0.717) is 5.88 Å². The summed E-state index contributed by atoms with van der Waals surface area (Å²) >= 11 is 5.72. The molecule has 0 saturated heterocycles. The second-order valence-electron chi connectivity index (χ2n) is 4.07. The summed E-state index contributed by atoms with van der Waals surface area (Å²) in [6.45, 7) is 5.74. The summed E-state index contributed by atoms with van der Waals surface area (Å²) in [5, 5.41) is 0. The predicted octanol–water partition coefficient (Wildman–Crippen LogP) is 3.69. The fourth-order valence-corrected chi connectivity index (χ4v) is 1.85. The monoisotopic (exact) mass is 253 g/mol. The number of amides is 1. The number of unbranched alkanes of at least 4 members (excludes halogenated alkanes) is 1. The van der Waals surface area contributed by atoms with Gasteiger partial charge >= 0.3 is 0 Å². The van der Waals surface area contributed by atoms with Crippen molar-refractivity contribution in [3.8, 4) is 0 Å². The van der Waals surface area contributed by atoms with Crippen molar-refractivity contribution >= 4 is 17.5 Å². The molecule has 0 aliphatic heterocycles. The van der Waals surface area contributed by atoms with Gasteiger partial charge in [0.15, 0.2) is 0 Å². The number of alkyl halides is 1. The average Bonchev–Trinajstić information content (AvgIpc) is 2.39. The van der Waals surface area contributed by atoms with Gasteiger partial charge in [-0.25, -0.2) is 0 Å². The van der Waals surface area contributed by atoms with Gasteiger partial charge in [-0.2, -0.15) is 0 Å². The minimum absolute atomic E-state index is 0.113. The van der Waals surface area contributed by atoms with E-state index < -0.39 is 0 Å². The maximum absolute atomic E-state index is 12.2. The second kappa shape index (κ2) is 7.33. The van der Waals surface area contributed by atoms with Gasteiger partial charge in [0.2, 0.25) is 0 Å². The minimum Gasteiger partial charge on any atom is -0.339 e. The molecular formula is C14H20ClNO. The maximum Gasteiger partial charge on any atom is 0.253 e. The Bertz CT molecular complexity index is 348. The molecule has 1 aromatic rings. The van der Waals surface area contributed by atoms with E-state index in [1.165, 1.54) is 0 Å². The SMILES string of the molecule is CCCCN(CC)C(=O)c1ccc(CCl)cc1. The van der Waals surface area contributed by atoms with Gasteiger partial charge in [0.05, 0.1) is 0 Å². The molecule has 0 saturated carbocycles. The molecule has 0 fully saturated rings. The molecule has 0 aromatic heterocycles. The van der Waals surface area contributed by atoms with E-state index in [4.69, 9.17) is 11.6 Å². The lowest BCUT2D eigenvalue weighted by Crippen LogP contribution is -2.31. The van der Waals surface area contributed by atoms with Crippen molar-refractivity contribution in [3.63, 3.8) is 0 Å². The van der Waals surface area contributed by atoms with Gasteiger partial charge in [-0.3, -0.25) is 4.79 Å². The van der Waals surface area contributed by atoms with Crippen LogP contribution in [0, 0.1) is 0 Å². The van der Waals surface area contributed by atoms with Crippen LogP contribution in [0.2, 0.25) is 0 Å². The van der Waals surface area contributed by atoms with Crippen molar-refractivity contribution in [2.45, 2.75) is 32.6 Å². The molecule has 0 bridgehead atoms. The molecule has 94 valence electrons. The van der Waals surface area contributed by atoms with Crippen molar-refractivity contribution in [1.82, 2.24) is 4.90 Å². The Morgan fingerprint density at radius 1 is 1.24 bits per heavy atom. The molecule has 0 aliphatic rings. The highest BCUT2D eigenvalue weighted by Gasteiger charge is 2.12. The Morgan fingerprint density at radius 2 is 1.88 bits per heavy atom. The smallest absolute Gasteiger partial charge is 0.253 e. The van der Waals surface area contributed by atoms with E-state index >= 15 is 0 Å². The highest BCUT2D eigenvalue weighted by atomic mass is 35.5. The Balaban J connectivity index is 2.71. The molecule has 3 heteroatoms. The molecule has 0 N–H and O–H groups in total. The average molecular weight is 254 g/mol. The molecule has 0 aliphatic carbocycles. The number of hydrogen-bond donors (Lipinski definition) is 0. The lowest BCUT2D eigenvalue weighted by molar-refractivity contribution is 0.0762. The zero-order chi connectivity index (χ0) is 12.7. The molecule has 0 radical (unpaired) electrons. The Kier molecular flexibility index (Phi) is 6.06. The van der Waals surface area contributed by atoms with Crippen LogP contribution in [0.5, 0.6) is 0 Å². The maximum atomic E-state index is 12.2. The molecule has 0 atom stereocenters. The van der Waals surface area contributed by atoms with E-state index in [9.17, 15) is 4.79 Å². The topological polar surface area (TPSA) is 20.3 Å². The van der Waals surface area contributed by atoms with Crippen LogP contribution in [0.1, 0.15) is 42.6 Å². The lowest BCUT2D eigenvalue weighted by atomic mass is 10.1. The third kappa shape index (κ3) is 4.04. The highest BCUT2D eigenvalue weighted by molar-refractivity contribution is 6.17. The van der Waals surface area contributed by atoms with E-state index in [2.05, 4.69) is 6.92 Å². The van der Waals surface area contributed by atoms with E-state index in [1.54, 1.807) is 0 Å². The van der Waals surface area contributed by atoms with E-state index in [-0.39, 0.29) is 5.91 Å². The highest BCUT2D eigenvalue weighted by Crippen LogP contribution is 2.10. The largest absolute Gasteiger partial charge is 0.339 e. The van der Waals surface area contributed by atoms with Gasteiger partial charge < -0.3 is 4.90 Å². The van der Waals surface area contributed by atoms with Crippen LogP contribution in [0.3, 0.4) is 0 Å². The Labute approximate surface area is 109 Å². The molecule has 0 spiro atoms. The summed E-state index contributed by atoms with van der Waals surface area (Å²) in [5.41, 5.74) is 1.79. The standard InChI is InChI=1S/C14H20ClNO/c1-3-5-10-16(4-2)14(17)13-8-6-12(11-15)7-9-13/h6-9H,3-5,10-11H2,1-2H3. The molecular weight excluding hydrogens is 234 g/mol. The first-order valence-electron chi connectivity index (χ1n) is 6.17. The van der Waals surface area contributed by atoms with Crippen LogP contribution in [0.4, 0.5) is 0 Å². The van der Waals surface area contributed by atoms with Crippen LogP contribution in [0.25, 0.3) is 0 Å². The van der Waals surface area contributed by atoms with Crippen LogP contribution >= 0.6 is 11.6 Å². The third-order valence-corrected chi connectivity index (χ3v) is 3.11. The van der Waals surface area contributed by atoms with Crippen molar-refractivity contribution in [2.24, 2.45) is 0 Å². The normalized spacial score (nSPS) is 10.3. The molecule has 17 heavy (non-hydrogen) atoms. The van der Waals surface area contributed by atoms with Crippen molar-refractivity contribution < 1.29 is 4.79 Å².